The van der Waals surface area contributed by atoms with Crippen molar-refractivity contribution < 1.29 is 14.0 Å². The van der Waals surface area contributed by atoms with E-state index in [-0.39, 0.29) is 30.6 Å². The smallest absolute Gasteiger partial charge is 0.251 e. The first-order valence-electron chi connectivity index (χ1n) is 8.90. The predicted molar refractivity (Wildman–Crippen MR) is 105 cm³/mol. The first-order valence-corrected chi connectivity index (χ1v) is 9.28. The molecule has 1 fully saturated rings. The summed E-state index contributed by atoms with van der Waals surface area (Å²) < 4.78 is 13.9. The molecule has 142 valence electrons. The Balaban J connectivity index is 1.50. The van der Waals surface area contributed by atoms with E-state index in [1.807, 2.05) is 0 Å². The van der Waals surface area contributed by atoms with Crippen LogP contribution in [-0.4, -0.2) is 31.4 Å². The van der Waals surface area contributed by atoms with Crippen molar-refractivity contribution in [2.75, 3.05) is 29.9 Å². The standard InChI is InChI=1S/C20H21ClFN3O2/c21-15-5-3-14(4-6-15)20(27)23-8-7-19(26)24-17-11-16(22)12-18(13-17)25-9-1-2-10-25/h3-6,11-13H,1-2,7-10H2,(H,23,27)(H,24,26). The van der Waals surface area contributed by atoms with Gasteiger partial charge in [-0.15, -0.1) is 0 Å². The van der Waals surface area contributed by atoms with Gasteiger partial charge in [0.25, 0.3) is 5.91 Å². The second-order valence-corrected chi connectivity index (χ2v) is 6.89. The van der Waals surface area contributed by atoms with E-state index < -0.39 is 0 Å². The number of anilines is 2. The molecule has 2 amide bonds. The molecule has 0 aliphatic carbocycles. The van der Waals surface area contributed by atoms with Gasteiger partial charge in [-0.3, -0.25) is 9.59 Å². The summed E-state index contributed by atoms with van der Waals surface area (Å²) in [6.45, 7) is 1.97. The summed E-state index contributed by atoms with van der Waals surface area (Å²) in [6.07, 6.45) is 2.27. The maximum Gasteiger partial charge on any atom is 0.251 e. The van der Waals surface area contributed by atoms with Crippen LogP contribution in [0.2, 0.25) is 5.02 Å². The second kappa shape index (κ2) is 8.86. The molecule has 1 heterocycles. The van der Waals surface area contributed by atoms with E-state index in [0.29, 0.717) is 16.3 Å². The van der Waals surface area contributed by atoms with Crippen molar-refractivity contribution in [3.8, 4) is 0 Å². The highest BCUT2D eigenvalue weighted by Gasteiger charge is 2.15. The Morgan fingerprint density at radius 1 is 1.07 bits per heavy atom. The molecule has 1 aliphatic heterocycles. The van der Waals surface area contributed by atoms with Gasteiger partial charge in [0.05, 0.1) is 0 Å². The van der Waals surface area contributed by atoms with Crippen LogP contribution in [0.5, 0.6) is 0 Å². The van der Waals surface area contributed by atoms with Crippen molar-refractivity contribution >= 4 is 34.8 Å². The Labute approximate surface area is 162 Å². The van der Waals surface area contributed by atoms with Gasteiger partial charge in [-0.2, -0.15) is 0 Å². The van der Waals surface area contributed by atoms with E-state index in [1.54, 1.807) is 30.3 Å². The minimum atomic E-state index is -0.384. The highest BCUT2D eigenvalue weighted by molar-refractivity contribution is 6.30. The average molecular weight is 390 g/mol. The zero-order valence-corrected chi connectivity index (χ0v) is 15.6. The number of carbonyl (C=O) groups excluding carboxylic acids is 2. The fourth-order valence-corrected chi connectivity index (χ4v) is 3.15. The number of nitrogens with one attached hydrogen (secondary N) is 2. The molecule has 27 heavy (non-hydrogen) atoms. The van der Waals surface area contributed by atoms with Gasteiger partial charge in [0.2, 0.25) is 5.91 Å². The molecule has 0 unspecified atom stereocenters. The lowest BCUT2D eigenvalue weighted by molar-refractivity contribution is -0.116. The highest BCUT2D eigenvalue weighted by atomic mass is 35.5. The van der Waals surface area contributed by atoms with Crippen LogP contribution >= 0.6 is 11.6 Å². The molecule has 3 rings (SSSR count). The molecule has 0 saturated carbocycles. The van der Waals surface area contributed by atoms with Gasteiger partial charge >= 0.3 is 0 Å². The average Bonchev–Trinajstić information content (AvgIpc) is 3.16. The van der Waals surface area contributed by atoms with Crippen LogP contribution in [0, 0.1) is 5.82 Å². The second-order valence-electron chi connectivity index (χ2n) is 6.45. The molecule has 0 bridgehead atoms. The lowest BCUT2D eigenvalue weighted by atomic mass is 10.2. The molecule has 1 saturated heterocycles. The topological polar surface area (TPSA) is 61.4 Å². The lowest BCUT2D eigenvalue weighted by Crippen LogP contribution is -2.27. The molecule has 0 atom stereocenters. The van der Waals surface area contributed by atoms with E-state index in [0.717, 1.165) is 31.6 Å². The minimum Gasteiger partial charge on any atom is -0.371 e. The molecule has 5 nitrogen and oxygen atoms in total. The summed E-state index contributed by atoms with van der Waals surface area (Å²) >= 11 is 5.79. The van der Waals surface area contributed by atoms with Crippen LogP contribution in [0.4, 0.5) is 15.8 Å². The summed E-state index contributed by atoms with van der Waals surface area (Å²) in [5, 5.41) is 5.92. The zero-order chi connectivity index (χ0) is 19.2. The van der Waals surface area contributed by atoms with Crippen molar-refractivity contribution in [2.45, 2.75) is 19.3 Å². The Morgan fingerprint density at radius 3 is 2.48 bits per heavy atom. The molecular formula is C20H21ClFN3O2. The first kappa shape index (κ1) is 19.2. The van der Waals surface area contributed by atoms with E-state index >= 15 is 0 Å². The Hall–Kier alpha value is -2.60. The van der Waals surface area contributed by atoms with Gasteiger partial charge in [0, 0.05) is 48.0 Å². The van der Waals surface area contributed by atoms with Gasteiger partial charge < -0.3 is 15.5 Å². The van der Waals surface area contributed by atoms with Gasteiger partial charge in [0.1, 0.15) is 5.82 Å². The van der Waals surface area contributed by atoms with E-state index in [2.05, 4.69) is 15.5 Å². The minimum absolute atomic E-state index is 0.0922. The molecule has 2 aromatic rings. The molecule has 0 aromatic heterocycles. The fourth-order valence-electron chi connectivity index (χ4n) is 3.02. The summed E-state index contributed by atoms with van der Waals surface area (Å²) in [4.78, 5) is 26.2. The molecular weight excluding hydrogens is 369 g/mol. The number of rotatable bonds is 6. The number of nitrogens with zero attached hydrogens (tertiary/aromatic N) is 1. The summed E-state index contributed by atoms with van der Waals surface area (Å²) in [6, 6.07) is 11.0. The molecule has 2 N–H and O–H groups in total. The van der Waals surface area contributed by atoms with E-state index in [1.165, 1.54) is 12.1 Å². The Morgan fingerprint density at radius 2 is 1.78 bits per heavy atom. The highest BCUT2D eigenvalue weighted by Crippen LogP contribution is 2.25. The number of benzene rings is 2. The SMILES string of the molecule is O=C(CCNC(=O)c1ccc(Cl)cc1)Nc1cc(F)cc(N2CCCC2)c1. The van der Waals surface area contributed by atoms with Crippen molar-refractivity contribution in [1.29, 1.82) is 0 Å². The predicted octanol–water partition coefficient (Wildman–Crippen LogP) is 3.84. The molecule has 2 aromatic carbocycles. The number of hydrogen-bond donors (Lipinski definition) is 2. The number of halogens is 2. The Kier molecular flexibility index (Phi) is 6.29. The fraction of sp³-hybridized carbons (Fsp3) is 0.300. The third kappa shape index (κ3) is 5.44. The third-order valence-electron chi connectivity index (χ3n) is 4.38. The maximum atomic E-state index is 13.9. The monoisotopic (exact) mass is 389 g/mol. The van der Waals surface area contributed by atoms with Crippen LogP contribution in [0.3, 0.4) is 0 Å². The van der Waals surface area contributed by atoms with E-state index in [4.69, 9.17) is 11.6 Å². The molecule has 0 spiro atoms. The largest absolute Gasteiger partial charge is 0.371 e. The van der Waals surface area contributed by atoms with Gasteiger partial charge in [-0.25, -0.2) is 4.39 Å². The third-order valence-corrected chi connectivity index (χ3v) is 4.63. The maximum absolute atomic E-state index is 13.9. The van der Waals surface area contributed by atoms with Crippen LogP contribution in [0.25, 0.3) is 0 Å². The summed E-state index contributed by atoms with van der Waals surface area (Å²) in [7, 11) is 0. The van der Waals surface area contributed by atoms with Gasteiger partial charge in [-0.1, -0.05) is 11.6 Å². The molecule has 0 radical (unpaired) electrons. The number of carbonyl (C=O) groups is 2. The van der Waals surface area contributed by atoms with Crippen molar-refractivity contribution in [1.82, 2.24) is 5.32 Å². The van der Waals surface area contributed by atoms with Crippen LogP contribution in [-0.2, 0) is 4.79 Å². The lowest BCUT2D eigenvalue weighted by Gasteiger charge is -2.18. The van der Waals surface area contributed by atoms with Crippen LogP contribution in [0.15, 0.2) is 42.5 Å². The van der Waals surface area contributed by atoms with Gasteiger partial charge in [0.15, 0.2) is 0 Å². The summed E-state index contributed by atoms with van der Waals surface area (Å²) in [5.41, 5.74) is 1.67. The quantitative estimate of drug-likeness (QED) is 0.789. The summed E-state index contributed by atoms with van der Waals surface area (Å²) in [5.74, 6) is -0.948. The zero-order valence-electron chi connectivity index (χ0n) is 14.8. The van der Waals surface area contributed by atoms with E-state index in [9.17, 15) is 14.0 Å². The normalized spacial score (nSPS) is 13.5. The number of hydrogen-bond acceptors (Lipinski definition) is 3. The number of amides is 2. The van der Waals surface area contributed by atoms with Crippen molar-refractivity contribution in [3.05, 3.63) is 58.9 Å². The van der Waals surface area contributed by atoms with Gasteiger partial charge in [-0.05, 0) is 55.3 Å². The van der Waals surface area contributed by atoms with Crippen LogP contribution < -0.4 is 15.5 Å². The first-order chi connectivity index (χ1) is 13.0. The molecule has 7 heteroatoms. The van der Waals surface area contributed by atoms with Crippen molar-refractivity contribution in [3.63, 3.8) is 0 Å². The Bertz CT molecular complexity index is 820. The van der Waals surface area contributed by atoms with Crippen molar-refractivity contribution in [2.24, 2.45) is 0 Å². The molecule has 1 aliphatic rings. The van der Waals surface area contributed by atoms with Crippen LogP contribution in [0.1, 0.15) is 29.6 Å².